The fourth-order valence-electron chi connectivity index (χ4n) is 4.91. The summed E-state index contributed by atoms with van der Waals surface area (Å²) in [4.78, 5) is 23.6. The number of carbonyl (C=O) groups excluding carboxylic acids is 2. The van der Waals surface area contributed by atoms with Gasteiger partial charge in [0.15, 0.2) is 6.10 Å². The minimum Gasteiger partial charge on any atom is -0.462 e. The number of esters is 2. The van der Waals surface area contributed by atoms with Crippen LogP contribution in [0.15, 0.2) is 24.3 Å². The molecular formula is C37H68O5. The Morgan fingerprint density at radius 3 is 1.62 bits per heavy atom. The first-order chi connectivity index (χ1) is 20.6. The van der Waals surface area contributed by atoms with Crippen molar-refractivity contribution in [3.8, 4) is 0 Å². The molecule has 0 N–H and O–H groups in total. The van der Waals surface area contributed by atoms with Crippen LogP contribution in [0.2, 0.25) is 0 Å². The van der Waals surface area contributed by atoms with Gasteiger partial charge >= 0.3 is 11.9 Å². The molecule has 0 rings (SSSR count). The van der Waals surface area contributed by atoms with Crippen LogP contribution >= 0.6 is 0 Å². The second kappa shape index (κ2) is 33.9. The molecular weight excluding hydrogens is 524 g/mol. The summed E-state index contributed by atoms with van der Waals surface area (Å²) in [5, 5.41) is 0. The largest absolute Gasteiger partial charge is 0.462 e. The van der Waals surface area contributed by atoms with E-state index in [1.165, 1.54) is 110 Å². The van der Waals surface area contributed by atoms with Gasteiger partial charge in [0.05, 0.1) is 6.61 Å². The van der Waals surface area contributed by atoms with Crippen molar-refractivity contribution in [2.75, 3.05) is 19.8 Å². The smallest absolute Gasteiger partial charge is 0.306 e. The second-order valence-electron chi connectivity index (χ2n) is 11.9. The predicted octanol–water partition coefficient (Wildman–Crippen LogP) is 11.0. The molecule has 5 heteroatoms. The average Bonchev–Trinajstić information content (AvgIpc) is 2.97. The number of hydrogen-bond donors (Lipinski definition) is 0. The van der Waals surface area contributed by atoms with Crippen molar-refractivity contribution in [1.29, 1.82) is 0 Å². The fraction of sp³-hybridized carbons (Fsp3) is 0.838. The van der Waals surface area contributed by atoms with E-state index in [1.54, 1.807) is 0 Å². The van der Waals surface area contributed by atoms with Crippen LogP contribution in [0.3, 0.4) is 0 Å². The average molecular weight is 593 g/mol. The van der Waals surface area contributed by atoms with Crippen LogP contribution in [0.25, 0.3) is 0 Å². The van der Waals surface area contributed by atoms with Crippen molar-refractivity contribution in [1.82, 2.24) is 0 Å². The molecule has 0 heterocycles. The van der Waals surface area contributed by atoms with E-state index >= 15 is 0 Å². The SMILES string of the molecule is CCCCC/C=C\C/C=C\CCCCCCCC(=O)OC(COCCCCCCCCCCCCCC)COC(C)=O. The van der Waals surface area contributed by atoms with Gasteiger partial charge in [-0.15, -0.1) is 0 Å². The van der Waals surface area contributed by atoms with Crippen LogP contribution in [-0.2, 0) is 23.8 Å². The maximum atomic E-state index is 12.3. The molecule has 0 aromatic heterocycles. The van der Waals surface area contributed by atoms with E-state index in [2.05, 4.69) is 38.2 Å². The Labute approximate surface area is 260 Å². The van der Waals surface area contributed by atoms with Crippen molar-refractivity contribution >= 4 is 11.9 Å². The Bertz CT molecular complexity index is 642. The van der Waals surface area contributed by atoms with Crippen molar-refractivity contribution in [2.24, 2.45) is 0 Å². The lowest BCUT2D eigenvalue weighted by molar-refractivity contribution is -0.161. The molecule has 0 aliphatic rings. The van der Waals surface area contributed by atoms with Gasteiger partial charge in [-0.1, -0.05) is 141 Å². The lowest BCUT2D eigenvalue weighted by atomic mass is 10.1. The van der Waals surface area contributed by atoms with Gasteiger partial charge in [-0.25, -0.2) is 0 Å². The monoisotopic (exact) mass is 593 g/mol. The summed E-state index contributed by atoms with van der Waals surface area (Å²) in [5.74, 6) is -0.600. The van der Waals surface area contributed by atoms with E-state index in [1.807, 2.05) is 0 Å². The summed E-state index contributed by atoms with van der Waals surface area (Å²) < 4.78 is 16.5. The van der Waals surface area contributed by atoms with Gasteiger partial charge in [0.1, 0.15) is 6.61 Å². The molecule has 0 aromatic rings. The van der Waals surface area contributed by atoms with Gasteiger partial charge in [0.2, 0.25) is 0 Å². The summed E-state index contributed by atoms with van der Waals surface area (Å²) in [7, 11) is 0. The van der Waals surface area contributed by atoms with Gasteiger partial charge in [0, 0.05) is 20.0 Å². The molecule has 42 heavy (non-hydrogen) atoms. The van der Waals surface area contributed by atoms with Crippen molar-refractivity contribution < 1.29 is 23.8 Å². The lowest BCUT2D eigenvalue weighted by Gasteiger charge is -2.18. The Hall–Kier alpha value is -1.62. The van der Waals surface area contributed by atoms with Crippen molar-refractivity contribution in [2.45, 2.75) is 181 Å². The standard InChI is InChI=1S/C37H68O5/c1-4-6-8-10-12-14-16-18-19-20-21-23-25-27-29-31-37(39)42-36(34-41-35(3)38)33-40-32-30-28-26-24-22-17-15-13-11-9-7-5-2/h12,14,18-19,36H,4-11,13,15-17,20-34H2,1-3H3/b14-12-,19-18-. The van der Waals surface area contributed by atoms with Crippen LogP contribution in [0.5, 0.6) is 0 Å². The second-order valence-corrected chi connectivity index (χ2v) is 11.9. The first-order valence-electron chi connectivity index (χ1n) is 17.8. The normalized spacial score (nSPS) is 12.4. The van der Waals surface area contributed by atoms with Crippen molar-refractivity contribution in [3.05, 3.63) is 24.3 Å². The highest BCUT2D eigenvalue weighted by Crippen LogP contribution is 2.13. The third-order valence-corrected chi connectivity index (χ3v) is 7.55. The number of allylic oxidation sites excluding steroid dienone is 4. The zero-order valence-electron chi connectivity index (χ0n) is 28.0. The number of carbonyl (C=O) groups is 2. The molecule has 0 fully saturated rings. The highest BCUT2D eigenvalue weighted by atomic mass is 16.6. The Kier molecular flexibility index (Phi) is 32.6. The van der Waals surface area contributed by atoms with E-state index in [0.717, 1.165) is 44.9 Å². The highest BCUT2D eigenvalue weighted by molar-refractivity contribution is 5.69. The molecule has 1 unspecified atom stereocenters. The van der Waals surface area contributed by atoms with Crippen LogP contribution in [-0.4, -0.2) is 37.9 Å². The molecule has 246 valence electrons. The molecule has 0 aliphatic carbocycles. The number of unbranched alkanes of at least 4 members (excludes halogenated alkanes) is 19. The predicted molar refractivity (Wildman–Crippen MR) is 178 cm³/mol. The molecule has 0 saturated carbocycles. The van der Waals surface area contributed by atoms with Crippen LogP contribution in [0.4, 0.5) is 0 Å². The summed E-state index contributed by atoms with van der Waals surface area (Å²) in [6, 6.07) is 0. The van der Waals surface area contributed by atoms with E-state index < -0.39 is 6.10 Å². The fourth-order valence-corrected chi connectivity index (χ4v) is 4.91. The van der Waals surface area contributed by atoms with Gasteiger partial charge in [-0.05, 0) is 44.9 Å². The molecule has 0 spiro atoms. The summed E-state index contributed by atoms with van der Waals surface area (Å²) in [6.45, 7) is 6.86. The minimum absolute atomic E-state index is 0.0572. The Morgan fingerprint density at radius 1 is 0.571 bits per heavy atom. The van der Waals surface area contributed by atoms with Gasteiger partial charge in [-0.3, -0.25) is 9.59 Å². The van der Waals surface area contributed by atoms with Gasteiger partial charge in [0.25, 0.3) is 0 Å². The highest BCUT2D eigenvalue weighted by Gasteiger charge is 2.16. The maximum Gasteiger partial charge on any atom is 0.306 e. The van der Waals surface area contributed by atoms with E-state index in [0.29, 0.717) is 13.0 Å². The molecule has 0 radical (unpaired) electrons. The van der Waals surface area contributed by atoms with E-state index in [9.17, 15) is 9.59 Å². The zero-order chi connectivity index (χ0) is 30.8. The Morgan fingerprint density at radius 2 is 1.05 bits per heavy atom. The molecule has 0 amide bonds. The van der Waals surface area contributed by atoms with Crippen molar-refractivity contribution in [3.63, 3.8) is 0 Å². The molecule has 0 bridgehead atoms. The topological polar surface area (TPSA) is 61.8 Å². The number of rotatable bonds is 32. The number of hydrogen-bond acceptors (Lipinski definition) is 5. The van der Waals surface area contributed by atoms with Crippen LogP contribution < -0.4 is 0 Å². The summed E-state index contributed by atoms with van der Waals surface area (Å²) in [6.07, 6.45) is 37.4. The van der Waals surface area contributed by atoms with E-state index in [-0.39, 0.29) is 25.2 Å². The first-order valence-corrected chi connectivity index (χ1v) is 17.8. The first kappa shape index (κ1) is 40.4. The quantitative estimate of drug-likeness (QED) is 0.0442. The summed E-state index contributed by atoms with van der Waals surface area (Å²) >= 11 is 0. The van der Waals surface area contributed by atoms with Crippen LogP contribution in [0.1, 0.15) is 175 Å². The van der Waals surface area contributed by atoms with Gasteiger partial charge < -0.3 is 14.2 Å². The lowest BCUT2D eigenvalue weighted by Crippen LogP contribution is -2.29. The third kappa shape index (κ3) is 32.9. The van der Waals surface area contributed by atoms with Crippen LogP contribution in [0, 0.1) is 0 Å². The maximum absolute atomic E-state index is 12.3. The molecule has 0 aliphatic heterocycles. The molecule has 5 nitrogen and oxygen atoms in total. The Balaban J connectivity index is 3.78. The molecule has 0 saturated heterocycles. The van der Waals surface area contributed by atoms with Gasteiger partial charge in [-0.2, -0.15) is 0 Å². The third-order valence-electron chi connectivity index (χ3n) is 7.55. The minimum atomic E-state index is -0.531. The molecule has 0 aromatic carbocycles. The number of ether oxygens (including phenoxy) is 3. The zero-order valence-corrected chi connectivity index (χ0v) is 28.0. The van der Waals surface area contributed by atoms with E-state index in [4.69, 9.17) is 14.2 Å². The summed E-state index contributed by atoms with van der Waals surface area (Å²) in [5.41, 5.74) is 0. The molecule has 1 atom stereocenters.